The van der Waals surface area contributed by atoms with E-state index in [2.05, 4.69) is 37.8 Å². The lowest BCUT2D eigenvalue weighted by molar-refractivity contribution is 0.434. The molecule has 0 unspecified atom stereocenters. The lowest BCUT2D eigenvalue weighted by atomic mass is 10.1. The molecule has 2 heteroatoms. The highest BCUT2D eigenvalue weighted by Gasteiger charge is 2.11. The minimum atomic E-state index is 0.997. The molecule has 2 rings (SSSR count). The van der Waals surface area contributed by atoms with Gasteiger partial charge in [-0.1, -0.05) is 43.0 Å². The molecule has 0 saturated heterocycles. The quantitative estimate of drug-likeness (QED) is 0.402. The fourth-order valence-corrected chi connectivity index (χ4v) is 2.71. The maximum Gasteiger partial charge on any atom is 0.168 e. The monoisotopic (exact) mass is 246 g/mol. The van der Waals surface area contributed by atoms with E-state index in [1.807, 2.05) is 6.08 Å². The second-order valence-corrected chi connectivity index (χ2v) is 5.21. The minimum absolute atomic E-state index is 0.997. The van der Waals surface area contributed by atoms with E-state index in [0.29, 0.717) is 0 Å². The third-order valence-corrected chi connectivity index (χ3v) is 3.60. The number of hydrogen-bond acceptors (Lipinski definition) is 2. The third-order valence-electron chi connectivity index (χ3n) is 2.75. The van der Waals surface area contributed by atoms with Gasteiger partial charge < -0.3 is 4.42 Å². The Balaban J connectivity index is 2.31. The normalized spacial score (nSPS) is 10.9. The van der Waals surface area contributed by atoms with Gasteiger partial charge in [0.2, 0.25) is 0 Å². The Morgan fingerprint density at radius 3 is 2.76 bits per heavy atom. The molecule has 0 aliphatic heterocycles. The SMILES string of the molecule is C=CCCCc1oc(SCC)c2ccccc12. The summed E-state index contributed by atoms with van der Waals surface area (Å²) in [6.07, 6.45) is 5.12. The Morgan fingerprint density at radius 1 is 1.29 bits per heavy atom. The van der Waals surface area contributed by atoms with Crippen molar-refractivity contribution in [3.63, 3.8) is 0 Å². The van der Waals surface area contributed by atoms with Crippen molar-refractivity contribution < 1.29 is 4.42 Å². The zero-order valence-corrected chi connectivity index (χ0v) is 11.1. The molecule has 0 radical (unpaired) electrons. The van der Waals surface area contributed by atoms with Crippen LogP contribution < -0.4 is 0 Å². The Kier molecular flexibility index (Phi) is 4.32. The van der Waals surface area contributed by atoms with Crippen molar-refractivity contribution in [1.29, 1.82) is 0 Å². The largest absolute Gasteiger partial charge is 0.454 e. The van der Waals surface area contributed by atoms with Crippen molar-refractivity contribution in [3.05, 3.63) is 42.7 Å². The number of benzene rings is 1. The summed E-state index contributed by atoms with van der Waals surface area (Å²) in [6, 6.07) is 8.45. The predicted molar refractivity (Wildman–Crippen MR) is 75.7 cm³/mol. The van der Waals surface area contributed by atoms with Crippen LogP contribution in [0.25, 0.3) is 10.8 Å². The van der Waals surface area contributed by atoms with Crippen molar-refractivity contribution in [2.24, 2.45) is 0 Å². The van der Waals surface area contributed by atoms with Crippen LogP contribution in [0.2, 0.25) is 0 Å². The van der Waals surface area contributed by atoms with Crippen molar-refractivity contribution in [2.75, 3.05) is 5.75 Å². The van der Waals surface area contributed by atoms with Crippen LogP contribution in [0, 0.1) is 0 Å². The van der Waals surface area contributed by atoms with Gasteiger partial charge in [-0.05, 0) is 24.7 Å². The van der Waals surface area contributed by atoms with Crippen molar-refractivity contribution in [1.82, 2.24) is 0 Å². The molecule has 0 aliphatic carbocycles. The zero-order valence-electron chi connectivity index (χ0n) is 10.2. The Bertz CT molecular complexity index is 499. The molecule has 0 spiro atoms. The molecule has 2 aromatic rings. The number of allylic oxidation sites excluding steroid dienone is 1. The number of hydrogen-bond donors (Lipinski definition) is 0. The van der Waals surface area contributed by atoms with E-state index in [-0.39, 0.29) is 0 Å². The van der Waals surface area contributed by atoms with E-state index in [9.17, 15) is 0 Å². The molecule has 0 saturated carbocycles. The van der Waals surface area contributed by atoms with Gasteiger partial charge in [0, 0.05) is 17.2 Å². The fourth-order valence-electron chi connectivity index (χ4n) is 1.96. The van der Waals surface area contributed by atoms with Crippen LogP contribution in [0.4, 0.5) is 0 Å². The molecule has 17 heavy (non-hydrogen) atoms. The first-order valence-electron chi connectivity index (χ1n) is 6.11. The summed E-state index contributed by atoms with van der Waals surface area (Å²) in [5, 5.41) is 3.59. The van der Waals surface area contributed by atoms with E-state index < -0.39 is 0 Å². The first kappa shape index (κ1) is 12.3. The van der Waals surface area contributed by atoms with Crippen LogP contribution in [-0.4, -0.2) is 5.75 Å². The van der Waals surface area contributed by atoms with Crippen LogP contribution >= 0.6 is 11.8 Å². The van der Waals surface area contributed by atoms with Gasteiger partial charge in [0.15, 0.2) is 5.09 Å². The van der Waals surface area contributed by atoms with Crippen LogP contribution in [0.1, 0.15) is 25.5 Å². The molecule has 0 aliphatic rings. The number of aryl methyl sites for hydroxylation is 1. The maximum atomic E-state index is 5.98. The van der Waals surface area contributed by atoms with E-state index >= 15 is 0 Å². The number of thioether (sulfide) groups is 1. The standard InChI is InChI=1S/C15H18OS/c1-3-5-6-11-14-12-9-7-8-10-13(12)15(16-14)17-4-2/h3,7-10H,1,4-6,11H2,2H3. The average molecular weight is 246 g/mol. The lowest BCUT2D eigenvalue weighted by Gasteiger charge is -1.95. The fraction of sp³-hybridized carbons (Fsp3) is 0.333. The Hall–Kier alpha value is -1.15. The van der Waals surface area contributed by atoms with E-state index in [1.54, 1.807) is 11.8 Å². The third kappa shape index (κ3) is 2.75. The summed E-state index contributed by atoms with van der Waals surface area (Å²) in [5.41, 5.74) is 0. The molecule has 0 N–H and O–H groups in total. The van der Waals surface area contributed by atoms with Gasteiger partial charge in [0.1, 0.15) is 5.76 Å². The van der Waals surface area contributed by atoms with E-state index in [0.717, 1.165) is 35.9 Å². The van der Waals surface area contributed by atoms with Gasteiger partial charge in [-0.2, -0.15) is 0 Å². The maximum absolute atomic E-state index is 5.98. The smallest absolute Gasteiger partial charge is 0.168 e. The van der Waals surface area contributed by atoms with Gasteiger partial charge in [-0.25, -0.2) is 0 Å². The molecular formula is C15H18OS. The number of fused-ring (bicyclic) bond motifs is 1. The minimum Gasteiger partial charge on any atom is -0.454 e. The topological polar surface area (TPSA) is 13.1 Å². The molecule has 0 fully saturated rings. The molecule has 1 heterocycles. The van der Waals surface area contributed by atoms with Gasteiger partial charge >= 0.3 is 0 Å². The highest BCUT2D eigenvalue weighted by molar-refractivity contribution is 7.99. The van der Waals surface area contributed by atoms with Gasteiger partial charge in [0.25, 0.3) is 0 Å². The number of unbranched alkanes of at least 4 members (excludes halogenated alkanes) is 1. The lowest BCUT2D eigenvalue weighted by Crippen LogP contribution is -1.81. The molecule has 1 aromatic carbocycles. The van der Waals surface area contributed by atoms with Crippen LogP contribution in [0.5, 0.6) is 0 Å². The molecule has 0 amide bonds. The Labute approximate surface area is 107 Å². The molecular weight excluding hydrogens is 228 g/mol. The highest BCUT2D eigenvalue weighted by atomic mass is 32.2. The summed E-state index contributed by atoms with van der Waals surface area (Å²) in [6.45, 7) is 5.91. The van der Waals surface area contributed by atoms with Gasteiger partial charge in [-0.3, -0.25) is 0 Å². The number of rotatable bonds is 6. The predicted octanol–water partition coefficient (Wildman–Crippen LogP) is 5.05. The second kappa shape index (κ2) is 5.97. The summed E-state index contributed by atoms with van der Waals surface area (Å²) < 4.78 is 5.98. The van der Waals surface area contributed by atoms with Crippen molar-refractivity contribution in [3.8, 4) is 0 Å². The summed E-state index contributed by atoms with van der Waals surface area (Å²) in [4.78, 5) is 0. The molecule has 90 valence electrons. The first-order chi connectivity index (χ1) is 8.36. The van der Waals surface area contributed by atoms with Gasteiger partial charge in [0.05, 0.1) is 0 Å². The first-order valence-corrected chi connectivity index (χ1v) is 7.09. The highest BCUT2D eigenvalue weighted by Crippen LogP contribution is 2.33. The van der Waals surface area contributed by atoms with Crippen molar-refractivity contribution >= 4 is 22.5 Å². The van der Waals surface area contributed by atoms with E-state index in [1.165, 1.54) is 10.8 Å². The van der Waals surface area contributed by atoms with Crippen LogP contribution in [-0.2, 0) is 6.42 Å². The Morgan fingerprint density at radius 2 is 2.06 bits per heavy atom. The van der Waals surface area contributed by atoms with E-state index in [4.69, 9.17) is 4.42 Å². The molecule has 1 nitrogen and oxygen atoms in total. The zero-order chi connectivity index (χ0) is 12.1. The molecule has 0 atom stereocenters. The second-order valence-electron chi connectivity index (χ2n) is 3.97. The van der Waals surface area contributed by atoms with Gasteiger partial charge in [-0.15, -0.1) is 6.58 Å². The average Bonchev–Trinajstić information content (AvgIpc) is 2.70. The van der Waals surface area contributed by atoms with Crippen molar-refractivity contribution in [2.45, 2.75) is 31.3 Å². The number of furan rings is 1. The molecule has 1 aromatic heterocycles. The summed E-state index contributed by atoms with van der Waals surface area (Å²) >= 11 is 1.78. The summed E-state index contributed by atoms with van der Waals surface area (Å²) in [5.74, 6) is 2.17. The van der Waals surface area contributed by atoms with Crippen LogP contribution in [0.3, 0.4) is 0 Å². The summed E-state index contributed by atoms with van der Waals surface area (Å²) in [7, 11) is 0. The molecule has 0 bridgehead atoms. The van der Waals surface area contributed by atoms with Crippen LogP contribution in [0.15, 0.2) is 46.4 Å².